The van der Waals surface area contributed by atoms with Crippen LogP contribution in [0.2, 0.25) is 0 Å². The Balaban J connectivity index is 2.02. The van der Waals surface area contributed by atoms with Gasteiger partial charge in [0.25, 0.3) is 0 Å². The van der Waals surface area contributed by atoms with E-state index in [0.29, 0.717) is 24.3 Å². The van der Waals surface area contributed by atoms with Crippen LogP contribution in [0.25, 0.3) is 0 Å². The predicted octanol–water partition coefficient (Wildman–Crippen LogP) is 1.98. The molecule has 112 valence electrons. The van der Waals surface area contributed by atoms with Gasteiger partial charge in [0.2, 0.25) is 0 Å². The standard InChI is InChI=1S/C16H19NO4/c1-10-5-11-6-14(19-2)12(7-13(11)21-10)15(18)16(8-17)3-4-20-9-16/h6-7,10,15,18H,3-5,9H2,1-2H3. The van der Waals surface area contributed by atoms with Crippen LogP contribution >= 0.6 is 0 Å². The number of benzene rings is 1. The summed E-state index contributed by atoms with van der Waals surface area (Å²) in [5, 5.41) is 20.2. The van der Waals surface area contributed by atoms with Crippen LogP contribution in [0.3, 0.4) is 0 Å². The number of rotatable bonds is 3. The highest BCUT2D eigenvalue weighted by molar-refractivity contribution is 5.50. The fourth-order valence-corrected chi connectivity index (χ4v) is 3.09. The van der Waals surface area contributed by atoms with Crippen molar-refractivity contribution in [1.29, 1.82) is 5.26 Å². The highest BCUT2D eigenvalue weighted by atomic mass is 16.5. The first-order valence-electron chi connectivity index (χ1n) is 7.14. The van der Waals surface area contributed by atoms with E-state index in [1.165, 1.54) is 0 Å². The smallest absolute Gasteiger partial charge is 0.125 e. The fraction of sp³-hybridized carbons (Fsp3) is 0.562. The van der Waals surface area contributed by atoms with Crippen LogP contribution in [-0.4, -0.2) is 31.5 Å². The molecule has 0 bridgehead atoms. The molecule has 5 heteroatoms. The Morgan fingerprint density at radius 1 is 1.52 bits per heavy atom. The highest BCUT2D eigenvalue weighted by Crippen LogP contribution is 2.46. The molecule has 0 spiro atoms. The molecule has 1 fully saturated rings. The van der Waals surface area contributed by atoms with Crippen molar-refractivity contribution in [1.82, 2.24) is 0 Å². The van der Waals surface area contributed by atoms with Gasteiger partial charge in [0.05, 0.1) is 19.8 Å². The lowest BCUT2D eigenvalue weighted by Gasteiger charge is -2.27. The number of nitriles is 1. The second kappa shape index (κ2) is 5.21. The summed E-state index contributed by atoms with van der Waals surface area (Å²) in [6.07, 6.45) is 0.512. The van der Waals surface area contributed by atoms with Crippen molar-refractivity contribution < 1.29 is 19.3 Å². The molecule has 3 rings (SSSR count). The van der Waals surface area contributed by atoms with E-state index in [1.54, 1.807) is 13.2 Å². The van der Waals surface area contributed by atoms with Gasteiger partial charge in [-0.15, -0.1) is 0 Å². The van der Waals surface area contributed by atoms with Crippen LogP contribution in [0.4, 0.5) is 0 Å². The van der Waals surface area contributed by atoms with Gasteiger partial charge in [0, 0.05) is 24.2 Å². The van der Waals surface area contributed by atoms with Crippen LogP contribution in [0.15, 0.2) is 12.1 Å². The number of fused-ring (bicyclic) bond motifs is 1. The molecule has 0 radical (unpaired) electrons. The summed E-state index contributed by atoms with van der Waals surface area (Å²) in [4.78, 5) is 0. The van der Waals surface area contributed by atoms with Gasteiger partial charge in [-0.1, -0.05) is 0 Å². The number of aliphatic hydroxyl groups excluding tert-OH is 1. The van der Waals surface area contributed by atoms with E-state index in [-0.39, 0.29) is 12.7 Å². The third kappa shape index (κ3) is 2.25. The van der Waals surface area contributed by atoms with Gasteiger partial charge in [-0.3, -0.25) is 0 Å². The molecular formula is C16H19NO4. The van der Waals surface area contributed by atoms with Crippen molar-refractivity contribution in [2.45, 2.75) is 32.0 Å². The van der Waals surface area contributed by atoms with Gasteiger partial charge in [-0.2, -0.15) is 5.26 Å². The van der Waals surface area contributed by atoms with Gasteiger partial charge in [-0.25, -0.2) is 0 Å². The summed E-state index contributed by atoms with van der Waals surface area (Å²) in [5.74, 6) is 1.37. The molecular weight excluding hydrogens is 270 g/mol. The third-order valence-electron chi connectivity index (χ3n) is 4.34. The first-order chi connectivity index (χ1) is 10.1. The number of hydrogen-bond donors (Lipinski definition) is 1. The van der Waals surface area contributed by atoms with E-state index in [0.717, 1.165) is 17.7 Å². The Kier molecular flexibility index (Phi) is 3.52. The second-order valence-electron chi connectivity index (χ2n) is 5.81. The van der Waals surface area contributed by atoms with Crippen LogP contribution < -0.4 is 9.47 Å². The number of aliphatic hydroxyl groups is 1. The largest absolute Gasteiger partial charge is 0.496 e. The zero-order valence-corrected chi connectivity index (χ0v) is 12.3. The molecule has 1 aromatic carbocycles. The summed E-state index contributed by atoms with van der Waals surface area (Å²) in [7, 11) is 1.57. The van der Waals surface area contributed by atoms with Gasteiger partial charge in [0.1, 0.15) is 29.1 Å². The van der Waals surface area contributed by atoms with Crippen LogP contribution in [-0.2, 0) is 11.2 Å². The molecule has 0 aromatic heterocycles. The molecule has 5 nitrogen and oxygen atoms in total. The number of nitrogens with zero attached hydrogens (tertiary/aromatic N) is 1. The van der Waals surface area contributed by atoms with Crippen LogP contribution in [0, 0.1) is 16.7 Å². The number of hydrogen-bond acceptors (Lipinski definition) is 5. The lowest BCUT2D eigenvalue weighted by Crippen LogP contribution is -2.28. The molecule has 0 saturated carbocycles. The topological polar surface area (TPSA) is 71.7 Å². The average Bonchev–Trinajstić information content (AvgIpc) is 3.10. The molecule has 1 aromatic rings. The quantitative estimate of drug-likeness (QED) is 0.921. The minimum atomic E-state index is -0.954. The van der Waals surface area contributed by atoms with E-state index in [4.69, 9.17) is 14.2 Å². The van der Waals surface area contributed by atoms with E-state index in [1.807, 2.05) is 13.0 Å². The summed E-state index contributed by atoms with van der Waals surface area (Å²) >= 11 is 0. The third-order valence-corrected chi connectivity index (χ3v) is 4.34. The van der Waals surface area contributed by atoms with Crippen molar-refractivity contribution >= 4 is 0 Å². The Hall–Kier alpha value is -1.77. The molecule has 1 N–H and O–H groups in total. The molecule has 0 amide bonds. The Bertz CT molecular complexity index is 587. The van der Waals surface area contributed by atoms with E-state index in [9.17, 15) is 10.4 Å². The molecule has 2 heterocycles. The minimum absolute atomic E-state index is 0.122. The van der Waals surface area contributed by atoms with Crippen molar-refractivity contribution in [2.75, 3.05) is 20.3 Å². The lowest BCUT2D eigenvalue weighted by molar-refractivity contribution is 0.0484. The fourth-order valence-electron chi connectivity index (χ4n) is 3.09. The number of methoxy groups -OCH3 is 1. The molecule has 21 heavy (non-hydrogen) atoms. The van der Waals surface area contributed by atoms with Crippen molar-refractivity contribution in [3.8, 4) is 17.6 Å². The SMILES string of the molecule is COc1cc2c(cc1C(O)C1(C#N)CCOC1)OC(C)C2. The summed E-state index contributed by atoms with van der Waals surface area (Å²) in [6, 6.07) is 5.94. The van der Waals surface area contributed by atoms with Crippen molar-refractivity contribution in [3.63, 3.8) is 0 Å². The highest BCUT2D eigenvalue weighted by Gasteiger charge is 2.44. The second-order valence-corrected chi connectivity index (χ2v) is 5.81. The van der Waals surface area contributed by atoms with Crippen LogP contribution in [0.5, 0.6) is 11.5 Å². The molecule has 3 unspecified atom stereocenters. The van der Waals surface area contributed by atoms with Crippen molar-refractivity contribution in [2.24, 2.45) is 5.41 Å². The van der Waals surface area contributed by atoms with E-state index in [2.05, 4.69) is 6.07 Å². The predicted molar refractivity (Wildman–Crippen MR) is 75.2 cm³/mol. The molecule has 2 aliphatic heterocycles. The lowest BCUT2D eigenvalue weighted by atomic mass is 9.79. The number of ether oxygens (including phenoxy) is 3. The molecule has 2 aliphatic rings. The van der Waals surface area contributed by atoms with E-state index >= 15 is 0 Å². The monoisotopic (exact) mass is 289 g/mol. The van der Waals surface area contributed by atoms with Gasteiger partial charge < -0.3 is 19.3 Å². The Labute approximate surface area is 124 Å². The molecule has 0 aliphatic carbocycles. The maximum absolute atomic E-state index is 10.7. The van der Waals surface area contributed by atoms with Gasteiger partial charge in [-0.05, 0) is 25.5 Å². The zero-order valence-electron chi connectivity index (χ0n) is 12.3. The maximum atomic E-state index is 10.7. The van der Waals surface area contributed by atoms with E-state index < -0.39 is 11.5 Å². The normalized spacial score (nSPS) is 28.6. The first-order valence-corrected chi connectivity index (χ1v) is 7.14. The molecule has 3 atom stereocenters. The maximum Gasteiger partial charge on any atom is 0.125 e. The van der Waals surface area contributed by atoms with Gasteiger partial charge >= 0.3 is 0 Å². The summed E-state index contributed by atoms with van der Waals surface area (Å²) < 4.78 is 16.5. The van der Waals surface area contributed by atoms with Gasteiger partial charge in [0.15, 0.2) is 0 Å². The first kappa shape index (κ1) is 14.2. The van der Waals surface area contributed by atoms with Crippen LogP contribution in [0.1, 0.15) is 30.6 Å². The summed E-state index contributed by atoms with van der Waals surface area (Å²) in [6.45, 7) is 2.73. The zero-order chi connectivity index (χ0) is 15.0. The Morgan fingerprint density at radius 2 is 2.33 bits per heavy atom. The summed E-state index contributed by atoms with van der Waals surface area (Å²) in [5.41, 5.74) is 0.757. The van der Waals surface area contributed by atoms with Crippen molar-refractivity contribution in [3.05, 3.63) is 23.3 Å². The average molecular weight is 289 g/mol. The Morgan fingerprint density at radius 3 is 2.95 bits per heavy atom. The minimum Gasteiger partial charge on any atom is -0.496 e. The molecule has 1 saturated heterocycles.